The predicted molar refractivity (Wildman–Crippen MR) is 94.9 cm³/mol. The number of carboxylic acids is 2. The van der Waals surface area contributed by atoms with E-state index in [1.165, 1.54) is 0 Å². The van der Waals surface area contributed by atoms with Crippen LogP contribution in [0.4, 0.5) is 0 Å². The maximum absolute atomic E-state index is 12.6. The molecule has 8 heteroatoms. The number of carbonyl (C=O) groups is 3. The van der Waals surface area contributed by atoms with Crippen molar-refractivity contribution in [3.8, 4) is 0 Å². The number of amides is 1. The Bertz CT molecular complexity index is 812. The lowest BCUT2D eigenvalue weighted by molar-refractivity contribution is -0.140. The fourth-order valence-corrected chi connectivity index (χ4v) is 2.73. The van der Waals surface area contributed by atoms with Crippen LogP contribution < -0.4 is 5.32 Å². The summed E-state index contributed by atoms with van der Waals surface area (Å²) in [6.45, 7) is 3.92. The third-order valence-corrected chi connectivity index (χ3v) is 4.10. The minimum atomic E-state index is -1.09. The van der Waals surface area contributed by atoms with E-state index in [0.29, 0.717) is 24.8 Å². The lowest BCUT2D eigenvalue weighted by Crippen LogP contribution is -2.44. The Hall–Kier alpha value is -2.90. The monoisotopic (exact) mass is 361 g/mol. The quantitative estimate of drug-likeness (QED) is 0.588. The fourth-order valence-electron chi connectivity index (χ4n) is 2.73. The molecule has 3 N–H and O–H groups in total. The molecule has 0 spiro atoms. The summed E-state index contributed by atoms with van der Waals surface area (Å²) < 4.78 is 1.66. The molecule has 1 atom stereocenters. The van der Waals surface area contributed by atoms with Gasteiger partial charge in [-0.05, 0) is 24.8 Å². The molecule has 1 aromatic carbocycles. The Morgan fingerprint density at radius 1 is 1.15 bits per heavy atom. The molecule has 0 aliphatic rings. The zero-order valence-electron chi connectivity index (χ0n) is 14.8. The van der Waals surface area contributed by atoms with Gasteiger partial charge in [0, 0.05) is 18.4 Å². The molecule has 2 rings (SSSR count). The molecule has 0 aliphatic heterocycles. The van der Waals surface area contributed by atoms with Crippen LogP contribution in [-0.4, -0.2) is 43.9 Å². The first-order valence-electron chi connectivity index (χ1n) is 8.52. The van der Waals surface area contributed by atoms with Gasteiger partial charge in [-0.25, -0.2) is 4.79 Å². The normalized spacial score (nSPS) is 12.3. The van der Waals surface area contributed by atoms with E-state index in [4.69, 9.17) is 5.11 Å². The van der Waals surface area contributed by atoms with Crippen LogP contribution in [0.1, 0.15) is 43.6 Å². The summed E-state index contributed by atoms with van der Waals surface area (Å²) in [6, 6.07) is 6.20. The van der Waals surface area contributed by atoms with E-state index in [0.717, 1.165) is 5.52 Å². The molecular weight excluding hydrogens is 338 g/mol. The molecule has 1 aromatic heterocycles. The van der Waals surface area contributed by atoms with Crippen molar-refractivity contribution in [3.63, 3.8) is 0 Å². The van der Waals surface area contributed by atoms with Crippen molar-refractivity contribution < 1.29 is 24.6 Å². The molecule has 8 nitrogen and oxygen atoms in total. The predicted octanol–water partition coefficient (Wildman–Crippen LogP) is 2.13. The lowest BCUT2D eigenvalue weighted by Gasteiger charge is -2.17. The maximum Gasteiger partial charge on any atom is 0.326 e. The molecular formula is C18H23N3O5. The molecule has 0 saturated heterocycles. The Labute approximate surface area is 150 Å². The number of para-hydroxylation sites is 1. The molecule has 1 heterocycles. The number of aliphatic carboxylic acids is 2. The zero-order chi connectivity index (χ0) is 19.3. The van der Waals surface area contributed by atoms with Crippen LogP contribution in [0.15, 0.2) is 24.3 Å². The summed E-state index contributed by atoms with van der Waals surface area (Å²) in [5.74, 6) is -2.73. The van der Waals surface area contributed by atoms with Crippen molar-refractivity contribution >= 4 is 28.7 Å². The van der Waals surface area contributed by atoms with Crippen molar-refractivity contribution in [1.29, 1.82) is 0 Å². The summed E-state index contributed by atoms with van der Waals surface area (Å²) in [4.78, 5) is 34.5. The molecule has 0 radical (unpaired) electrons. The summed E-state index contributed by atoms with van der Waals surface area (Å²) in [5, 5.41) is 25.5. The van der Waals surface area contributed by atoms with Crippen LogP contribution in [-0.2, 0) is 16.1 Å². The molecule has 0 saturated carbocycles. The molecule has 2 aromatic rings. The van der Waals surface area contributed by atoms with Crippen LogP contribution in [0.2, 0.25) is 0 Å². The maximum atomic E-state index is 12.6. The van der Waals surface area contributed by atoms with Gasteiger partial charge in [0.2, 0.25) is 0 Å². The summed E-state index contributed by atoms with van der Waals surface area (Å²) >= 11 is 0. The number of carbonyl (C=O) groups excluding carboxylic acids is 1. The van der Waals surface area contributed by atoms with E-state index in [9.17, 15) is 19.5 Å². The van der Waals surface area contributed by atoms with Gasteiger partial charge in [-0.1, -0.05) is 32.0 Å². The molecule has 0 aliphatic carbocycles. The van der Waals surface area contributed by atoms with Gasteiger partial charge in [-0.15, -0.1) is 0 Å². The minimum absolute atomic E-state index is 0.0845. The minimum Gasteiger partial charge on any atom is -0.481 e. The Morgan fingerprint density at radius 2 is 1.85 bits per heavy atom. The van der Waals surface area contributed by atoms with Crippen LogP contribution in [0.5, 0.6) is 0 Å². The molecule has 26 heavy (non-hydrogen) atoms. The Morgan fingerprint density at radius 3 is 2.46 bits per heavy atom. The molecule has 140 valence electrons. The highest BCUT2D eigenvalue weighted by atomic mass is 16.4. The smallest absolute Gasteiger partial charge is 0.326 e. The highest BCUT2D eigenvalue weighted by Crippen LogP contribution is 2.19. The number of hydrogen-bond donors (Lipinski definition) is 3. The van der Waals surface area contributed by atoms with Crippen molar-refractivity contribution in [2.24, 2.45) is 5.92 Å². The molecule has 0 bridgehead atoms. The average molecular weight is 361 g/mol. The number of fused-ring (bicyclic) bond motifs is 1. The van der Waals surface area contributed by atoms with E-state index < -0.39 is 23.9 Å². The number of aromatic nitrogens is 2. The highest BCUT2D eigenvalue weighted by Gasteiger charge is 2.26. The number of nitrogens with zero attached hydrogens (tertiary/aromatic N) is 2. The first kappa shape index (κ1) is 19.4. The van der Waals surface area contributed by atoms with Gasteiger partial charge in [0.15, 0.2) is 5.69 Å². The number of hydrogen-bond acceptors (Lipinski definition) is 4. The van der Waals surface area contributed by atoms with E-state index in [1.807, 2.05) is 12.1 Å². The van der Waals surface area contributed by atoms with Crippen LogP contribution in [0.25, 0.3) is 10.9 Å². The van der Waals surface area contributed by atoms with Gasteiger partial charge >= 0.3 is 11.9 Å². The van der Waals surface area contributed by atoms with Crippen molar-refractivity contribution in [2.45, 2.75) is 45.7 Å². The SMILES string of the molecule is CC(C)[C@H](NC(=O)c1nn(CCCCC(=O)O)c2ccccc12)C(=O)O. The van der Waals surface area contributed by atoms with E-state index in [2.05, 4.69) is 10.4 Å². The van der Waals surface area contributed by atoms with Crippen molar-refractivity contribution in [1.82, 2.24) is 15.1 Å². The topological polar surface area (TPSA) is 122 Å². The first-order valence-corrected chi connectivity index (χ1v) is 8.52. The number of aryl methyl sites for hydroxylation is 1. The highest BCUT2D eigenvalue weighted by molar-refractivity contribution is 6.05. The largest absolute Gasteiger partial charge is 0.481 e. The Balaban J connectivity index is 2.23. The molecule has 1 amide bonds. The second kappa shape index (κ2) is 8.46. The summed E-state index contributed by atoms with van der Waals surface area (Å²) in [5.41, 5.74) is 0.926. The van der Waals surface area contributed by atoms with Gasteiger partial charge < -0.3 is 15.5 Å². The third-order valence-electron chi connectivity index (χ3n) is 4.10. The van der Waals surface area contributed by atoms with Gasteiger partial charge in [0.05, 0.1) is 5.52 Å². The van der Waals surface area contributed by atoms with Gasteiger partial charge in [-0.3, -0.25) is 14.3 Å². The van der Waals surface area contributed by atoms with Gasteiger partial charge in [0.1, 0.15) is 6.04 Å². The van der Waals surface area contributed by atoms with Crippen molar-refractivity contribution in [2.75, 3.05) is 0 Å². The summed E-state index contributed by atoms with van der Waals surface area (Å²) in [7, 11) is 0. The van der Waals surface area contributed by atoms with E-state index in [1.54, 1.807) is 30.7 Å². The second-order valence-electron chi connectivity index (χ2n) is 6.47. The molecule has 0 fully saturated rings. The lowest BCUT2D eigenvalue weighted by atomic mass is 10.0. The Kier molecular flexibility index (Phi) is 6.32. The zero-order valence-corrected chi connectivity index (χ0v) is 14.8. The van der Waals surface area contributed by atoms with E-state index >= 15 is 0 Å². The number of unbranched alkanes of at least 4 members (excludes halogenated alkanes) is 1. The fraction of sp³-hybridized carbons (Fsp3) is 0.444. The van der Waals surface area contributed by atoms with Gasteiger partial charge in [0.25, 0.3) is 5.91 Å². The number of carboxylic acid groups (broad SMARTS) is 2. The number of benzene rings is 1. The average Bonchev–Trinajstić information content (AvgIpc) is 2.94. The summed E-state index contributed by atoms with van der Waals surface area (Å²) in [6.07, 6.45) is 1.21. The second-order valence-corrected chi connectivity index (χ2v) is 6.47. The van der Waals surface area contributed by atoms with E-state index in [-0.39, 0.29) is 18.0 Å². The van der Waals surface area contributed by atoms with Crippen molar-refractivity contribution in [3.05, 3.63) is 30.0 Å². The first-order chi connectivity index (χ1) is 12.3. The van der Waals surface area contributed by atoms with Crippen LogP contribution >= 0.6 is 0 Å². The van der Waals surface area contributed by atoms with Crippen LogP contribution in [0, 0.1) is 5.92 Å². The number of nitrogens with one attached hydrogen (secondary N) is 1. The standard InChI is InChI=1S/C18H23N3O5/c1-11(2)15(18(25)26)19-17(24)16-12-7-3-4-8-13(12)21(20-16)10-6-5-9-14(22)23/h3-4,7-8,11,15H,5-6,9-10H2,1-2H3,(H,19,24)(H,22,23)(H,25,26)/t15-/m0/s1. The van der Waals surface area contributed by atoms with Gasteiger partial charge in [-0.2, -0.15) is 5.10 Å². The molecule has 0 unspecified atom stereocenters. The number of rotatable bonds is 9. The van der Waals surface area contributed by atoms with Crippen LogP contribution in [0.3, 0.4) is 0 Å². The third kappa shape index (κ3) is 4.59.